The summed E-state index contributed by atoms with van der Waals surface area (Å²) in [6, 6.07) is 16.8. The quantitative estimate of drug-likeness (QED) is 0.780. The molecule has 0 atom stereocenters. The van der Waals surface area contributed by atoms with Crippen LogP contribution < -0.4 is 5.73 Å². The lowest BCUT2D eigenvalue weighted by Gasteiger charge is -2.10. The van der Waals surface area contributed by atoms with Crippen molar-refractivity contribution in [2.24, 2.45) is 5.73 Å². The van der Waals surface area contributed by atoms with E-state index < -0.39 is 5.91 Å². The Kier molecular flexibility index (Phi) is 3.12. The molecular formula is C16H11ClN2O. The lowest BCUT2D eigenvalue weighted by atomic mass is 10.0. The van der Waals surface area contributed by atoms with Crippen LogP contribution in [0, 0.1) is 0 Å². The van der Waals surface area contributed by atoms with E-state index in [0.717, 1.165) is 5.56 Å². The molecule has 0 aliphatic heterocycles. The summed E-state index contributed by atoms with van der Waals surface area (Å²) in [5.41, 5.74) is 7.91. The van der Waals surface area contributed by atoms with E-state index in [1.165, 1.54) is 0 Å². The van der Waals surface area contributed by atoms with Crippen LogP contribution in [0.15, 0.2) is 54.6 Å². The van der Waals surface area contributed by atoms with Crippen molar-refractivity contribution < 1.29 is 4.79 Å². The number of halogens is 1. The van der Waals surface area contributed by atoms with E-state index in [0.29, 0.717) is 27.2 Å². The number of nitrogens with zero attached hydrogens (tertiary/aromatic N) is 1. The fourth-order valence-electron chi connectivity index (χ4n) is 2.22. The molecule has 98 valence electrons. The second-order valence-corrected chi connectivity index (χ2v) is 4.77. The molecule has 0 unspecified atom stereocenters. The number of benzene rings is 2. The van der Waals surface area contributed by atoms with Gasteiger partial charge in [0.15, 0.2) is 0 Å². The van der Waals surface area contributed by atoms with Gasteiger partial charge in [0, 0.05) is 10.9 Å². The van der Waals surface area contributed by atoms with Gasteiger partial charge in [0.25, 0.3) is 5.91 Å². The standard InChI is InChI=1S/C16H11ClN2O/c17-14-13(16(18)20)11-8-4-5-9-12(11)19-15(14)10-6-2-1-3-7-10/h1-9H,(H2,18,20). The molecule has 1 amide bonds. The predicted octanol–water partition coefficient (Wildman–Crippen LogP) is 3.65. The first kappa shape index (κ1) is 12.6. The molecule has 0 saturated carbocycles. The number of rotatable bonds is 2. The molecule has 3 rings (SSSR count). The van der Waals surface area contributed by atoms with E-state index >= 15 is 0 Å². The first-order valence-corrected chi connectivity index (χ1v) is 6.49. The van der Waals surface area contributed by atoms with Gasteiger partial charge in [-0.1, -0.05) is 60.1 Å². The van der Waals surface area contributed by atoms with Crippen molar-refractivity contribution in [3.05, 3.63) is 65.2 Å². The van der Waals surface area contributed by atoms with Crippen molar-refractivity contribution in [2.45, 2.75) is 0 Å². The van der Waals surface area contributed by atoms with E-state index in [9.17, 15) is 4.79 Å². The fraction of sp³-hybridized carbons (Fsp3) is 0. The van der Waals surface area contributed by atoms with E-state index in [1.54, 1.807) is 6.07 Å². The van der Waals surface area contributed by atoms with Crippen LogP contribution in [-0.2, 0) is 0 Å². The second-order valence-electron chi connectivity index (χ2n) is 4.40. The highest BCUT2D eigenvalue weighted by molar-refractivity contribution is 6.37. The highest BCUT2D eigenvalue weighted by Crippen LogP contribution is 2.33. The van der Waals surface area contributed by atoms with Gasteiger partial charge in [0.1, 0.15) is 0 Å². The highest BCUT2D eigenvalue weighted by Gasteiger charge is 2.18. The Morgan fingerprint density at radius 1 is 1.00 bits per heavy atom. The van der Waals surface area contributed by atoms with E-state index in [4.69, 9.17) is 17.3 Å². The van der Waals surface area contributed by atoms with Gasteiger partial charge < -0.3 is 5.73 Å². The molecule has 0 spiro atoms. The number of amides is 1. The Bertz CT molecular complexity index is 800. The number of nitrogens with two attached hydrogens (primary N) is 1. The second kappa shape index (κ2) is 4.94. The van der Waals surface area contributed by atoms with E-state index in [-0.39, 0.29) is 0 Å². The summed E-state index contributed by atoms with van der Waals surface area (Å²) in [5.74, 6) is -0.550. The van der Waals surface area contributed by atoms with Crippen LogP contribution in [0.4, 0.5) is 0 Å². The zero-order chi connectivity index (χ0) is 14.1. The molecule has 4 heteroatoms. The SMILES string of the molecule is NC(=O)c1c(Cl)c(-c2ccccc2)nc2ccccc12. The third-order valence-corrected chi connectivity index (χ3v) is 3.49. The molecule has 0 radical (unpaired) electrons. The van der Waals surface area contributed by atoms with Gasteiger partial charge in [-0.3, -0.25) is 4.79 Å². The number of hydrogen-bond donors (Lipinski definition) is 1. The Hall–Kier alpha value is -2.39. The summed E-state index contributed by atoms with van der Waals surface area (Å²) in [4.78, 5) is 16.3. The number of primary amides is 1. The monoisotopic (exact) mass is 282 g/mol. The summed E-state index contributed by atoms with van der Waals surface area (Å²) in [6.45, 7) is 0. The van der Waals surface area contributed by atoms with Crippen molar-refractivity contribution in [2.75, 3.05) is 0 Å². The molecule has 1 heterocycles. The number of carbonyl (C=O) groups excluding carboxylic acids is 1. The van der Waals surface area contributed by atoms with Crippen molar-refractivity contribution in [1.82, 2.24) is 4.98 Å². The molecule has 0 aliphatic rings. The molecule has 2 aromatic carbocycles. The molecule has 20 heavy (non-hydrogen) atoms. The number of fused-ring (bicyclic) bond motifs is 1. The highest BCUT2D eigenvalue weighted by atomic mass is 35.5. The predicted molar refractivity (Wildman–Crippen MR) is 80.7 cm³/mol. The molecular weight excluding hydrogens is 272 g/mol. The van der Waals surface area contributed by atoms with Crippen LogP contribution in [0.5, 0.6) is 0 Å². The topological polar surface area (TPSA) is 56.0 Å². The van der Waals surface area contributed by atoms with Crippen LogP contribution in [0.25, 0.3) is 22.2 Å². The Morgan fingerprint density at radius 3 is 2.35 bits per heavy atom. The van der Waals surface area contributed by atoms with Gasteiger partial charge in [-0.15, -0.1) is 0 Å². The third kappa shape index (κ3) is 2.02. The Balaban J connectivity index is 2.40. The van der Waals surface area contributed by atoms with Gasteiger partial charge in [-0.2, -0.15) is 0 Å². The molecule has 2 N–H and O–H groups in total. The number of aromatic nitrogens is 1. The van der Waals surface area contributed by atoms with Gasteiger partial charge in [0.05, 0.1) is 21.8 Å². The van der Waals surface area contributed by atoms with Gasteiger partial charge >= 0.3 is 0 Å². The molecule has 1 aromatic heterocycles. The van der Waals surface area contributed by atoms with Crippen molar-refractivity contribution in [3.8, 4) is 11.3 Å². The normalized spacial score (nSPS) is 10.7. The largest absolute Gasteiger partial charge is 0.366 e. The molecule has 3 aromatic rings. The minimum atomic E-state index is -0.550. The maximum Gasteiger partial charge on any atom is 0.250 e. The zero-order valence-corrected chi connectivity index (χ0v) is 11.3. The Labute approximate surface area is 121 Å². The van der Waals surface area contributed by atoms with Crippen LogP contribution in [0.3, 0.4) is 0 Å². The van der Waals surface area contributed by atoms with Crippen LogP contribution >= 0.6 is 11.6 Å². The van der Waals surface area contributed by atoms with Gasteiger partial charge in [-0.05, 0) is 6.07 Å². The van der Waals surface area contributed by atoms with E-state index in [2.05, 4.69) is 4.98 Å². The zero-order valence-electron chi connectivity index (χ0n) is 10.5. The average molecular weight is 283 g/mol. The van der Waals surface area contributed by atoms with Crippen LogP contribution in [-0.4, -0.2) is 10.9 Å². The summed E-state index contributed by atoms with van der Waals surface area (Å²) >= 11 is 6.35. The molecule has 0 aliphatic carbocycles. The van der Waals surface area contributed by atoms with Crippen molar-refractivity contribution in [1.29, 1.82) is 0 Å². The van der Waals surface area contributed by atoms with Crippen molar-refractivity contribution in [3.63, 3.8) is 0 Å². The minimum Gasteiger partial charge on any atom is -0.366 e. The number of carbonyl (C=O) groups is 1. The van der Waals surface area contributed by atoms with Crippen LogP contribution in [0.2, 0.25) is 5.02 Å². The first-order valence-electron chi connectivity index (χ1n) is 6.12. The van der Waals surface area contributed by atoms with E-state index in [1.807, 2.05) is 48.5 Å². The summed E-state index contributed by atoms with van der Waals surface area (Å²) in [6.07, 6.45) is 0. The third-order valence-electron chi connectivity index (χ3n) is 3.13. The number of para-hydroxylation sites is 1. The summed E-state index contributed by atoms with van der Waals surface area (Å²) in [7, 11) is 0. The maximum atomic E-state index is 11.7. The number of pyridine rings is 1. The smallest absolute Gasteiger partial charge is 0.250 e. The summed E-state index contributed by atoms with van der Waals surface area (Å²) < 4.78 is 0. The lowest BCUT2D eigenvalue weighted by molar-refractivity contribution is 0.100. The average Bonchev–Trinajstić information content (AvgIpc) is 2.47. The maximum absolute atomic E-state index is 11.7. The molecule has 0 saturated heterocycles. The minimum absolute atomic E-state index is 0.294. The fourth-order valence-corrected chi connectivity index (χ4v) is 2.56. The summed E-state index contributed by atoms with van der Waals surface area (Å²) in [5, 5.41) is 0.965. The molecule has 0 bridgehead atoms. The first-order chi connectivity index (χ1) is 9.68. The van der Waals surface area contributed by atoms with Crippen LogP contribution in [0.1, 0.15) is 10.4 Å². The molecule has 0 fully saturated rings. The van der Waals surface area contributed by atoms with Gasteiger partial charge in [-0.25, -0.2) is 4.98 Å². The Morgan fingerprint density at radius 2 is 1.65 bits per heavy atom. The van der Waals surface area contributed by atoms with Gasteiger partial charge in [0.2, 0.25) is 0 Å². The molecule has 3 nitrogen and oxygen atoms in total. The lowest BCUT2D eigenvalue weighted by Crippen LogP contribution is -2.13. The van der Waals surface area contributed by atoms with Crippen molar-refractivity contribution >= 4 is 28.4 Å². The number of hydrogen-bond acceptors (Lipinski definition) is 2.